The summed E-state index contributed by atoms with van der Waals surface area (Å²) in [7, 11) is 0. The lowest BCUT2D eigenvalue weighted by Gasteiger charge is -2.06. The Morgan fingerprint density at radius 3 is 3.06 bits per heavy atom. The van der Waals surface area contributed by atoms with E-state index in [1.165, 1.54) is 19.3 Å². The second-order valence-electron chi connectivity index (χ2n) is 4.44. The van der Waals surface area contributed by atoms with E-state index in [-0.39, 0.29) is 0 Å². The van der Waals surface area contributed by atoms with Gasteiger partial charge in [-0.3, -0.25) is 0 Å². The number of tetrazole rings is 1. The second kappa shape index (κ2) is 6.66. The molecule has 1 fully saturated rings. The van der Waals surface area contributed by atoms with Crippen molar-refractivity contribution in [3.8, 4) is 0 Å². The molecule has 0 atom stereocenters. The highest BCUT2D eigenvalue weighted by atomic mass is 16.5. The van der Waals surface area contributed by atoms with Crippen LogP contribution in [0.5, 0.6) is 0 Å². The van der Waals surface area contributed by atoms with Crippen LogP contribution in [-0.2, 0) is 17.8 Å². The maximum atomic E-state index is 5.50. The Morgan fingerprint density at radius 1 is 1.41 bits per heavy atom. The molecule has 1 aromatic heterocycles. The number of rotatable bonds is 9. The molecule has 6 heteroatoms. The van der Waals surface area contributed by atoms with E-state index in [1.54, 1.807) is 0 Å². The number of nitrogens with zero attached hydrogens (tertiary/aromatic N) is 4. The molecule has 0 radical (unpaired) electrons. The highest BCUT2D eigenvalue weighted by Gasteiger charge is 2.21. The first-order chi connectivity index (χ1) is 8.40. The van der Waals surface area contributed by atoms with Crippen LogP contribution in [0.15, 0.2) is 0 Å². The third kappa shape index (κ3) is 4.40. The second-order valence-corrected chi connectivity index (χ2v) is 4.44. The number of ether oxygens (including phenoxy) is 1. The minimum absolute atomic E-state index is 0.681. The molecular formula is C11H21N5O. The topological polar surface area (TPSA) is 64.9 Å². The molecule has 0 amide bonds. The quantitative estimate of drug-likeness (QED) is 0.644. The number of unbranched alkanes of at least 4 members (excludes halogenated alkanes) is 1. The van der Waals surface area contributed by atoms with E-state index in [2.05, 4.69) is 27.8 Å². The zero-order valence-corrected chi connectivity index (χ0v) is 10.4. The maximum absolute atomic E-state index is 5.50. The Labute approximate surface area is 102 Å². The third-order valence-electron chi connectivity index (χ3n) is 2.82. The lowest BCUT2D eigenvalue weighted by atomic mass is 10.4. The maximum Gasteiger partial charge on any atom is 0.165 e. The van der Waals surface area contributed by atoms with Crippen LogP contribution in [0, 0.1) is 0 Å². The van der Waals surface area contributed by atoms with E-state index in [0.29, 0.717) is 12.6 Å². The van der Waals surface area contributed by atoms with Gasteiger partial charge in [0.2, 0.25) is 0 Å². The van der Waals surface area contributed by atoms with Crippen LogP contribution in [0.4, 0.5) is 0 Å². The summed E-state index contributed by atoms with van der Waals surface area (Å²) in [4.78, 5) is 0. The summed E-state index contributed by atoms with van der Waals surface area (Å²) in [5.74, 6) is 0.899. The zero-order valence-electron chi connectivity index (χ0n) is 10.4. The predicted molar refractivity (Wildman–Crippen MR) is 63.4 cm³/mol. The fourth-order valence-electron chi connectivity index (χ4n) is 1.55. The Morgan fingerprint density at radius 2 is 2.29 bits per heavy atom. The van der Waals surface area contributed by atoms with Crippen molar-refractivity contribution >= 4 is 0 Å². The SMILES string of the molecule is CCCCOCCn1nnnc1CNC1CC1. The number of nitrogens with one attached hydrogen (secondary N) is 1. The normalized spacial score (nSPS) is 15.4. The Bertz CT molecular complexity index is 323. The van der Waals surface area contributed by atoms with Crippen molar-refractivity contribution in [3.05, 3.63) is 5.82 Å². The number of hydrogen-bond donors (Lipinski definition) is 1. The molecule has 1 aromatic rings. The minimum atomic E-state index is 0.681. The smallest absolute Gasteiger partial charge is 0.165 e. The molecular weight excluding hydrogens is 218 g/mol. The van der Waals surface area contributed by atoms with Gasteiger partial charge in [-0.1, -0.05) is 13.3 Å². The van der Waals surface area contributed by atoms with Gasteiger partial charge in [-0.2, -0.15) is 0 Å². The van der Waals surface area contributed by atoms with Crippen LogP contribution in [0.1, 0.15) is 38.4 Å². The summed E-state index contributed by atoms with van der Waals surface area (Å²) >= 11 is 0. The molecule has 1 aliphatic carbocycles. The molecule has 0 aliphatic heterocycles. The molecule has 1 N–H and O–H groups in total. The van der Waals surface area contributed by atoms with Crippen LogP contribution >= 0.6 is 0 Å². The Hall–Kier alpha value is -1.01. The van der Waals surface area contributed by atoms with Gasteiger partial charge < -0.3 is 10.1 Å². The highest BCUT2D eigenvalue weighted by molar-refractivity contribution is 4.86. The molecule has 6 nitrogen and oxygen atoms in total. The number of hydrogen-bond acceptors (Lipinski definition) is 5. The summed E-state index contributed by atoms with van der Waals surface area (Å²) in [6.07, 6.45) is 4.84. The predicted octanol–water partition coefficient (Wildman–Crippen LogP) is 0.742. The van der Waals surface area contributed by atoms with Crippen LogP contribution in [0.2, 0.25) is 0 Å². The highest BCUT2D eigenvalue weighted by Crippen LogP contribution is 2.18. The summed E-state index contributed by atoms with van der Waals surface area (Å²) in [6, 6.07) is 0.681. The summed E-state index contributed by atoms with van der Waals surface area (Å²) in [5, 5.41) is 15.1. The van der Waals surface area contributed by atoms with Gasteiger partial charge in [0.15, 0.2) is 5.82 Å². The number of aromatic nitrogens is 4. The third-order valence-corrected chi connectivity index (χ3v) is 2.82. The fraction of sp³-hybridized carbons (Fsp3) is 0.909. The molecule has 0 aromatic carbocycles. The van der Waals surface area contributed by atoms with Crippen LogP contribution < -0.4 is 5.32 Å². The average molecular weight is 239 g/mol. The molecule has 1 saturated carbocycles. The summed E-state index contributed by atoms with van der Waals surface area (Å²) in [5.41, 5.74) is 0. The van der Waals surface area contributed by atoms with Crippen molar-refractivity contribution in [2.45, 2.75) is 51.7 Å². The lowest BCUT2D eigenvalue weighted by molar-refractivity contribution is 0.120. The average Bonchev–Trinajstić information content (AvgIpc) is 3.06. The molecule has 0 spiro atoms. The van der Waals surface area contributed by atoms with Crippen LogP contribution in [0.25, 0.3) is 0 Å². The van der Waals surface area contributed by atoms with Gasteiger partial charge in [0.1, 0.15) is 0 Å². The van der Waals surface area contributed by atoms with Gasteiger partial charge in [0.25, 0.3) is 0 Å². The van der Waals surface area contributed by atoms with Crippen molar-refractivity contribution in [3.63, 3.8) is 0 Å². The first kappa shape index (κ1) is 12.4. The monoisotopic (exact) mass is 239 g/mol. The summed E-state index contributed by atoms with van der Waals surface area (Å²) in [6.45, 7) is 5.16. The van der Waals surface area contributed by atoms with Crippen LogP contribution in [-0.4, -0.2) is 39.5 Å². The van der Waals surface area contributed by atoms with E-state index < -0.39 is 0 Å². The molecule has 0 unspecified atom stereocenters. The van der Waals surface area contributed by atoms with Gasteiger partial charge in [-0.05, 0) is 29.7 Å². The zero-order chi connectivity index (χ0) is 11.9. The van der Waals surface area contributed by atoms with Crippen molar-refractivity contribution < 1.29 is 4.74 Å². The van der Waals surface area contributed by atoms with E-state index >= 15 is 0 Å². The first-order valence-electron chi connectivity index (χ1n) is 6.46. The van der Waals surface area contributed by atoms with Crippen molar-refractivity contribution in [2.24, 2.45) is 0 Å². The molecule has 1 heterocycles. The van der Waals surface area contributed by atoms with E-state index in [9.17, 15) is 0 Å². The first-order valence-corrected chi connectivity index (χ1v) is 6.46. The minimum Gasteiger partial charge on any atom is -0.380 e. The Balaban J connectivity index is 1.66. The van der Waals surface area contributed by atoms with E-state index in [4.69, 9.17) is 4.74 Å². The van der Waals surface area contributed by atoms with E-state index in [1.807, 2.05) is 4.68 Å². The van der Waals surface area contributed by atoms with Gasteiger partial charge >= 0.3 is 0 Å². The lowest BCUT2D eigenvalue weighted by Crippen LogP contribution is -2.20. The van der Waals surface area contributed by atoms with Gasteiger partial charge in [-0.15, -0.1) is 5.10 Å². The molecule has 1 aliphatic rings. The van der Waals surface area contributed by atoms with Crippen molar-refractivity contribution in [1.82, 2.24) is 25.5 Å². The van der Waals surface area contributed by atoms with Gasteiger partial charge in [-0.25, -0.2) is 4.68 Å². The Kier molecular flexibility index (Phi) is 4.88. The van der Waals surface area contributed by atoms with Gasteiger partial charge in [0.05, 0.1) is 19.7 Å². The molecule has 17 heavy (non-hydrogen) atoms. The van der Waals surface area contributed by atoms with Crippen molar-refractivity contribution in [1.29, 1.82) is 0 Å². The molecule has 96 valence electrons. The molecule has 2 rings (SSSR count). The summed E-state index contributed by atoms with van der Waals surface area (Å²) < 4.78 is 7.32. The van der Waals surface area contributed by atoms with Gasteiger partial charge in [0, 0.05) is 12.6 Å². The fourth-order valence-corrected chi connectivity index (χ4v) is 1.55. The largest absolute Gasteiger partial charge is 0.380 e. The van der Waals surface area contributed by atoms with E-state index in [0.717, 1.165) is 31.9 Å². The van der Waals surface area contributed by atoms with Crippen LogP contribution in [0.3, 0.4) is 0 Å². The van der Waals surface area contributed by atoms with Crippen molar-refractivity contribution in [2.75, 3.05) is 13.2 Å². The standard InChI is InChI=1S/C11H21N5O/c1-2-3-7-17-8-6-16-11(13-14-15-16)9-12-10-4-5-10/h10,12H,2-9H2,1H3. The molecule has 0 bridgehead atoms. The molecule has 0 saturated heterocycles.